The van der Waals surface area contributed by atoms with E-state index in [0.717, 1.165) is 24.8 Å². The summed E-state index contributed by atoms with van der Waals surface area (Å²) < 4.78 is 24.4. The molecule has 156 valence electrons. The molecule has 1 atom stereocenters. The lowest BCUT2D eigenvalue weighted by Crippen LogP contribution is -2.39. The Kier molecular flexibility index (Phi) is 6.40. The minimum absolute atomic E-state index is 0.0770. The maximum atomic E-state index is 13.5. The number of carbonyl (C=O) groups is 1. The molecule has 0 radical (unpaired) electrons. The number of likely N-dealkylation sites (tertiary alicyclic amines) is 1. The third-order valence-electron chi connectivity index (χ3n) is 5.05. The molecule has 0 N–H and O–H groups in total. The summed E-state index contributed by atoms with van der Waals surface area (Å²) in [5.41, 5.74) is 1.39. The van der Waals surface area contributed by atoms with Crippen molar-refractivity contribution in [3.8, 4) is 0 Å². The van der Waals surface area contributed by atoms with Crippen molar-refractivity contribution in [1.82, 2.24) is 15.0 Å². The van der Waals surface area contributed by atoms with Gasteiger partial charge in [0.1, 0.15) is 12.4 Å². The molecule has 4 rings (SSSR count). The molecule has 1 aliphatic rings. The number of piperidine rings is 1. The molecule has 0 spiro atoms. The van der Waals surface area contributed by atoms with Crippen LogP contribution < -0.4 is 0 Å². The molecule has 0 saturated carbocycles. The van der Waals surface area contributed by atoms with E-state index in [2.05, 4.69) is 10.1 Å². The Morgan fingerprint density at radius 1 is 1.20 bits per heavy atom. The average molecular weight is 430 g/mol. The number of ether oxygens (including phenoxy) is 1. The number of nitrogens with zero attached hydrogens (tertiary/aromatic N) is 3. The van der Waals surface area contributed by atoms with Gasteiger partial charge in [-0.1, -0.05) is 47.1 Å². The lowest BCUT2D eigenvalue weighted by molar-refractivity contribution is 0.0596. The number of benzene rings is 2. The van der Waals surface area contributed by atoms with Gasteiger partial charge in [-0.15, -0.1) is 0 Å². The molecular weight excluding hydrogens is 409 g/mol. The van der Waals surface area contributed by atoms with E-state index in [-0.39, 0.29) is 23.6 Å². The predicted molar refractivity (Wildman–Crippen MR) is 108 cm³/mol. The molecule has 1 amide bonds. The van der Waals surface area contributed by atoms with E-state index < -0.39 is 5.82 Å². The Labute approximate surface area is 178 Å². The standard InChI is InChI=1S/C22H21ClFN3O3/c23-17-12-16(9-10-18(17)24)22(28)27-11-5-4-8-19(27)21-25-20(30-26-21)14-29-13-15-6-2-1-3-7-15/h1-3,6-7,9-10,12,19H,4-5,8,11,13-14H2. The first-order chi connectivity index (χ1) is 14.6. The Morgan fingerprint density at radius 2 is 2.03 bits per heavy atom. The van der Waals surface area contributed by atoms with Crippen LogP contribution in [0.1, 0.15) is 52.9 Å². The number of hydrogen-bond acceptors (Lipinski definition) is 5. The van der Waals surface area contributed by atoms with Crippen molar-refractivity contribution in [3.63, 3.8) is 0 Å². The van der Waals surface area contributed by atoms with Crippen LogP contribution in [-0.4, -0.2) is 27.5 Å². The number of amides is 1. The topological polar surface area (TPSA) is 68.5 Å². The molecule has 2 heterocycles. The quantitative estimate of drug-likeness (QED) is 0.554. The second-order valence-corrected chi connectivity index (χ2v) is 7.57. The number of rotatable bonds is 6. The molecule has 1 saturated heterocycles. The van der Waals surface area contributed by atoms with Gasteiger partial charge in [0, 0.05) is 12.1 Å². The van der Waals surface area contributed by atoms with E-state index in [0.29, 0.717) is 30.4 Å². The zero-order valence-corrected chi connectivity index (χ0v) is 17.0. The zero-order chi connectivity index (χ0) is 20.9. The van der Waals surface area contributed by atoms with Crippen LogP contribution in [0.2, 0.25) is 5.02 Å². The van der Waals surface area contributed by atoms with Gasteiger partial charge in [-0.05, 0) is 43.0 Å². The molecule has 2 aromatic carbocycles. The Morgan fingerprint density at radius 3 is 2.83 bits per heavy atom. The fourth-order valence-corrected chi connectivity index (χ4v) is 3.71. The van der Waals surface area contributed by atoms with Crippen LogP contribution in [-0.2, 0) is 18.0 Å². The normalized spacial score (nSPS) is 16.6. The third kappa shape index (κ3) is 4.68. The van der Waals surface area contributed by atoms with Gasteiger partial charge in [-0.2, -0.15) is 4.98 Å². The van der Waals surface area contributed by atoms with Crippen LogP contribution in [0.15, 0.2) is 53.1 Å². The minimum Gasteiger partial charge on any atom is -0.367 e. The first-order valence-corrected chi connectivity index (χ1v) is 10.2. The fourth-order valence-electron chi connectivity index (χ4n) is 3.53. The summed E-state index contributed by atoms with van der Waals surface area (Å²) in [6.07, 6.45) is 2.56. The predicted octanol–water partition coefficient (Wildman–Crippen LogP) is 4.95. The first-order valence-electron chi connectivity index (χ1n) is 9.82. The smallest absolute Gasteiger partial charge is 0.254 e. The van der Waals surface area contributed by atoms with Crippen LogP contribution in [0.5, 0.6) is 0 Å². The van der Waals surface area contributed by atoms with E-state index in [1.165, 1.54) is 18.2 Å². The van der Waals surface area contributed by atoms with Gasteiger partial charge in [-0.3, -0.25) is 4.79 Å². The van der Waals surface area contributed by atoms with E-state index in [4.69, 9.17) is 20.9 Å². The highest BCUT2D eigenvalue weighted by Gasteiger charge is 2.32. The number of carbonyl (C=O) groups excluding carboxylic acids is 1. The van der Waals surface area contributed by atoms with Crippen molar-refractivity contribution in [2.45, 2.75) is 38.5 Å². The fraction of sp³-hybridized carbons (Fsp3) is 0.318. The maximum absolute atomic E-state index is 13.5. The molecule has 1 aliphatic heterocycles. The Bertz CT molecular complexity index is 1010. The molecule has 8 heteroatoms. The van der Waals surface area contributed by atoms with Crippen LogP contribution in [0.25, 0.3) is 0 Å². The van der Waals surface area contributed by atoms with Crippen molar-refractivity contribution in [1.29, 1.82) is 0 Å². The highest BCUT2D eigenvalue weighted by Crippen LogP contribution is 2.31. The Hall–Kier alpha value is -2.77. The molecule has 0 aliphatic carbocycles. The van der Waals surface area contributed by atoms with Crippen molar-refractivity contribution in [2.24, 2.45) is 0 Å². The largest absolute Gasteiger partial charge is 0.367 e. The van der Waals surface area contributed by atoms with Gasteiger partial charge in [0.2, 0.25) is 0 Å². The van der Waals surface area contributed by atoms with E-state index in [1.54, 1.807) is 4.90 Å². The number of halogens is 2. The minimum atomic E-state index is -0.554. The van der Waals surface area contributed by atoms with Crippen LogP contribution in [0.3, 0.4) is 0 Å². The van der Waals surface area contributed by atoms with Crippen molar-refractivity contribution >= 4 is 17.5 Å². The van der Waals surface area contributed by atoms with Crippen LogP contribution >= 0.6 is 11.6 Å². The lowest BCUT2D eigenvalue weighted by Gasteiger charge is -2.33. The highest BCUT2D eigenvalue weighted by molar-refractivity contribution is 6.31. The van der Waals surface area contributed by atoms with E-state index in [9.17, 15) is 9.18 Å². The van der Waals surface area contributed by atoms with Crippen molar-refractivity contribution in [2.75, 3.05) is 6.54 Å². The third-order valence-corrected chi connectivity index (χ3v) is 5.34. The van der Waals surface area contributed by atoms with Gasteiger partial charge in [0.25, 0.3) is 11.8 Å². The molecule has 6 nitrogen and oxygen atoms in total. The summed E-state index contributed by atoms with van der Waals surface area (Å²) in [5.74, 6) is 0.0355. The van der Waals surface area contributed by atoms with Crippen LogP contribution in [0, 0.1) is 5.82 Å². The van der Waals surface area contributed by atoms with Gasteiger partial charge in [0.05, 0.1) is 17.7 Å². The summed E-state index contributed by atoms with van der Waals surface area (Å²) in [7, 11) is 0. The number of hydrogen-bond donors (Lipinski definition) is 0. The molecule has 30 heavy (non-hydrogen) atoms. The summed E-state index contributed by atoms with van der Waals surface area (Å²) in [5, 5.41) is 4.00. The molecule has 3 aromatic rings. The molecule has 1 unspecified atom stereocenters. The van der Waals surface area contributed by atoms with E-state index >= 15 is 0 Å². The maximum Gasteiger partial charge on any atom is 0.254 e. The zero-order valence-electron chi connectivity index (χ0n) is 16.3. The second-order valence-electron chi connectivity index (χ2n) is 7.16. The molecular formula is C22H21ClFN3O3. The van der Waals surface area contributed by atoms with Gasteiger partial charge >= 0.3 is 0 Å². The molecule has 1 fully saturated rings. The molecule has 0 bridgehead atoms. The SMILES string of the molecule is O=C(c1ccc(F)c(Cl)c1)N1CCCCC1c1noc(COCc2ccccc2)n1. The summed E-state index contributed by atoms with van der Waals surface area (Å²) in [6, 6.07) is 13.5. The monoisotopic (exact) mass is 429 g/mol. The second kappa shape index (κ2) is 9.36. The van der Waals surface area contributed by atoms with E-state index in [1.807, 2.05) is 30.3 Å². The van der Waals surface area contributed by atoms with Crippen LogP contribution in [0.4, 0.5) is 4.39 Å². The lowest BCUT2D eigenvalue weighted by atomic mass is 10.00. The van der Waals surface area contributed by atoms with Gasteiger partial charge in [-0.25, -0.2) is 4.39 Å². The Balaban J connectivity index is 1.43. The van der Waals surface area contributed by atoms with Gasteiger partial charge < -0.3 is 14.2 Å². The molecule has 1 aromatic heterocycles. The van der Waals surface area contributed by atoms with Crippen molar-refractivity contribution < 1.29 is 18.4 Å². The summed E-state index contributed by atoms with van der Waals surface area (Å²) >= 11 is 5.85. The highest BCUT2D eigenvalue weighted by atomic mass is 35.5. The average Bonchev–Trinajstić information content (AvgIpc) is 3.25. The number of aromatic nitrogens is 2. The summed E-state index contributed by atoms with van der Waals surface area (Å²) in [6.45, 7) is 1.20. The van der Waals surface area contributed by atoms with Gasteiger partial charge in [0.15, 0.2) is 5.82 Å². The summed E-state index contributed by atoms with van der Waals surface area (Å²) in [4.78, 5) is 19.2. The first kappa shape index (κ1) is 20.5. The van der Waals surface area contributed by atoms with Crippen molar-refractivity contribution in [3.05, 3.63) is 82.2 Å².